The normalized spacial score (nSPS) is 41.5. The number of hydrogen-bond acceptors (Lipinski definition) is 4. The predicted octanol–water partition coefficient (Wildman–Crippen LogP) is 2.68. The lowest BCUT2D eigenvalue weighted by atomic mass is 9.60. The molecular formula is C18H23NO3. The molecule has 1 aliphatic heterocycles. The minimum absolute atomic E-state index is 0.0946. The Labute approximate surface area is 131 Å². The highest BCUT2D eigenvalue weighted by molar-refractivity contribution is 5.82. The summed E-state index contributed by atoms with van der Waals surface area (Å²) in [6.45, 7) is 6.16. The monoisotopic (exact) mass is 301 g/mol. The number of aromatic nitrogens is 1. The van der Waals surface area contributed by atoms with Gasteiger partial charge in [-0.15, -0.1) is 0 Å². The van der Waals surface area contributed by atoms with Gasteiger partial charge in [0.05, 0.1) is 5.69 Å². The molecule has 2 fully saturated rings. The highest BCUT2D eigenvalue weighted by Gasteiger charge is 2.61. The van der Waals surface area contributed by atoms with Crippen LogP contribution in [0.1, 0.15) is 32.9 Å². The minimum atomic E-state index is -1.34. The van der Waals surface area contributed by atoms with Crippen LogP contribution in [0.15, 0.2) is 30.5 Å². The number of ether oxygens (including phenoxy) is 1. The molecule has 0 aromatic carbocycles. The zero-order valence-electron chi connectivity index (χ0n) is 13.3. The third-order valence-corrected chi connectivity index (χ3v) is 5.43. The number of carbonyl (C=O) groups is 1. The van der Waals surface area contributed by atoms with Gasteiger partial charge < -0.3 is 9.84 Å². The van der Waals surface area contributed by atoms with E-state index in [1.165, 1.54) is 0 Å². The summed E-state index contributed by atoms with van der Waals surface area (Å²) in [7, 11) is 0. The van der Waals surface area contributed by atoms with Crippen LogP contribution in [0.5, 0.6) is 0 Å². The van der Waals surface area contributed by atoms with E-state index in [9.17, 15) is 9.90 Å². The third kappa shape index (κ3) is 2.35. The highest BCUT2D eigenvalue weighted by Crippen LogP contribution is 2.51. The number of nitrogens with zero attached hydrogens (tertiary/aromatic N) is 1. The van der Waals surface area contributed by atoms with E-state index in [4.69, 9.17) is 4.74 Å². The van der Waals surface area contributed by atoms with E-state index in [1.54, 1.807) is 6.20 Å². The maximum absolute atomic E-state index is 12.1. The summed E-state index contributed by atoms with van der Waals surface area (Å²) in [4.78, 5) is 16.4. The van der Waals surface area contributed by atoms with Gasteiger partial charge in [-0.05, 0) is 49.3 Å². The van der Waals surface area contributed by atoms with Crippen molar-refractivity contribution in [2.75, 3.05) is 0 Å². The molecule has 1 saturated heterocycles. The fourth-order valence-electron chi connectivity index (χ4n) is 4.08. The van der Waals surface area contributed by atoms with Crippen molar-refractivity contribution >= 4 is 12.0 Å². The summed E-state index contributed by atoms with van der Waals surface area (Å²) in [5.41, 5.74) is -0.459. The van der Waals surface area contributed by atoms with Crippen LogP contribution in [0.4, 0.5) is 0 Å². The van der Waals surface area contributed by atoms with E-state index in [0.29, 0.717) is 12.3 Å². The SMILES string of the molecule is C[C@H]1[C@H](/C=C/c2ccccn2)[C@@H]2[C@@H](C)OC(=O)[C@]2(O)C[C@@H]1C. The number of allylic oxidation sites excluding steroid dienone is 1. The zero-order valence-corrected chi connectivity index (χ0v) is 13.3. The molecule has 1 saturated carbocycles. The van der Waals surface area contributed by atoms with Crippen molar-refractivity contribution in [1.29, 1.82) is 0 Å². The standard InChI is InChI=1S/C18H23NO3/c1-11-10-18(21)16(13(3)22-17(18)20)15(12(11)2)8-7-14-6-4-5-9-19-14/h4-9,11-13,15-16,21H,10H2,1-3H3/b8-7+/t11-,12+,13+,15-,16-,18-/m0/s1. The lowest BCUT2D eigenvalue weighted by molar-refractivity contribution is -0.160. The predicted molar refractivity (Wildman–Crippen MR) is 83.7 cm³/mol. The molecule has 1 aromatic heterocycles. The van der Waals surface area contributed by atoms with Gasteiger partial charge in [-0.1, -0.05) is 26.0 Å². The van der Waals surface area contributed by atoms with Gasteiger partial charge in [0.1, 0.15) is 6.10 Å². The second-order valence-electron chi connectivity index (χ2n) is 6.79. The van der Waals surface area contributed by atoms with Gasteiger partial charge in [-0.3, -0.25) is 4.98 Å². The third-order valence-electron chi connectivity index (χ3n) is 5.43. The van der Waals surface area contributed by atoms with Crippen molar-refractivity contribution in [3.05, 3.63) is 36.2 Å². The average Bonchev–Trinajstić information content (AvgIpc) is 2.71. The van der Waals surface area contributed by atoms with Crippen LogP contribution in [0.3, 0.4) is 0 Å². The number of fused-ring (bicyclic) bond motifs is 1. The van der Waals surface area contributed by atoms with E-state index in [-0.39, 0.29) is 23.9 Å². The second kappa shape index (κ2) is 5.51. The molecule has 6 atom stereocenters. The smallest absolute Gasteiger partial charge is 0.338 e. The first kappa shape index (κ1) is 15.2. The molecule has 4 nitrogen and oxygen atoms in total. The lowest BCUT2D eigenvalue weighted by Gasteiger charge is -2.44. The van der Waals surface area contributed by atoms with Crippen LogP contribution in [0, 0.1) is 23.7 Å². The fourth-order valence-corrected chi connectivity index (χ4v) is 4.08. The second-order valence-corrected chi connectivity index (χ2v) is 6.79. The van der Waals surface area contributed by atoms with Gasteiger partial charge in [0.2, 0.25) is 0 Å². The molecule has 0 amide bonds. The lowest BCUT2D eigenvalue weighted by Crippen LogP contribution is -2.52. The Morgan fingerprint density at radius 3 is 2.82 bits per heavy atom. The highest BCUT2D eigenvalue weighted by atomic mass is 16.6. The van der Waals surface area contributed by atoms with E-state index < -0.39 is 11.6 Å². The fraction of sp³-hybridized carbons (Fsp3) is 0.556. The molecule has 118 valence electrons. The molecule has 2 heterocycles. The summed E-state index contributed by atoms with van der Waals surface area (Å²) in [5.74, 6) is 0.0861. The van der Waals surface area contributed by atoms with Crippen molar-refractivity contribution in [3.63, 3.8) is 0 Å². The summed E-state index contributed by atoms with van der Waals surface area (Å²) in [6.07, 6.45) is 6.06. The van der Waals surface area contributed by atoms with Crippen molar-refractivity contribution in [2.45, 2.75) is 38.9 Å². The van der Waals surface area contributed by atoms with Gasteiger partial charge in [-0.25, -0.2) is 4.79 Å². The Bertz CT molecular complexity index is 585. The van der Waals surface area contributed by atoms with E-state index in [2.05, 4.69) is 24.9 Å². The van der Waals surface area contributed by atoms with Gasteiger partial charge in [-0.2, -0.15) is 0 Å². The first-order valence-electron chi connectivity index (χ1n) is 7.96. The van der Waals surface area contributed by atoms with Crippen LogP contribution in [-0.2, 0) is 9.53 Å². The Kier molecular flexibility index (Phi) is 3.81. The molecule has 1 aliphatic carbocycles. The summed E-state index contributed by atoms with van der Waals surface area (Å²) >= 11 is 0. The van der Waals surface area contributed by atoms with Crippen LogP contribution in [0.2, 0.25) is 0 Å². The Morgan fingerprint density at radius 2 is 2.14 bits per heavy atom. The van der Waals surface area contributed by atoms with Crippen molar-refractivity contribution in [2.24, 2.45) is 23.7 Å². The molecule has 1 N–H and O–H groups in total. The molecule has 0 bridgehead atoms. The molecule has 0 spiro atoms. The van der Waals surface area contributed by atoms with Gasteiger partial charge in [0.15, 0.2) is 5.60 Å². The summed E-state index contributed by atoms with van der Waals surface area (Å²) in [5, 5.41) is 10.9. The van der Waals surface area contributed by atoms with Crippen LogP contribution >= 0.6 is 0 Å². The number of pyridine rings is 1. The average molecular weight is 301 g/mol. The Balaban J connectivity index is 1.93. The van der Waals surface area contributed by atoms with E-state index >= 15 is 0 Å². The molecule has 0 unspecified atom stereocenters. The number of hydrogen-bond donors (Lipinski definition) is 1. The van der Waals surface area contributed by atoms with Gasteiger partial charge in [0, 0.05) is 12.1 Å². The molecule has 1 aromatic rings. The van der Waals surface area contributed by atoms with Crippen molar-refractivity contribution in [1.82, 2.24) is 4.98 Å². The number of rotatable bonds is 2. The van der Waals surface area contributed by atoms with Gasteiger partial charge in [0.25, 0.3) is 0 Å². The number of cyclic esters (lactones) is 1. The largest absolute Gasteiger partial charge is 0.460 e. The molecule has 0 radical (unpaired) electrons. The molecular weight excluding hydrogens is 278 g/mol. The Morgan fingerprint density at radius 1 is 1.36 bits per heavy atom. The topological polar surface area (TPSA) is 59.4 Å². The van der Waals surface area contributed by atoms with E-state index in [0.717, 1.165) is 5.69 Å². The number of esters is 1. The van der Waals surface area contributed by atoms with Crippen molar-refractivity contribution in [3.8, 4) is 0 Å². The molecule has 2 aliphatic rings. The van der Waals surface area contributed by atoms with Crippen molar-refractivity contribution < 1.29 is 14.6 Å². The molecule has 22 heavy (non-hydrogen) atoms. The van der Waals surface area contributed by atoms with E-state index in [1.807, 2.05) is 31.2 Å². The van der Waals surface area contributed by atoms with Crippen LogP contribution in [0.25, 0.3) is 6.08 Å². The summed E-state index contributed by atoms with van der Waals surface area (Å²) < 4.78 is 5.35. The minimum Gasteiger partial charge on any atom is -0.460 e. The van der Waals surface area contributed by atoms with Crippen LogP contribution < -0.4 is 0 Å². The first-order valence-corrected chi connectivity index (χ1v) is 7.96. The molecule has 3 rings (SSSR count). The number of aliphatic hydroxyl groups is 1. The Hall–Kier alpha value is -1.68. The quantitative estimate of drug-likeness (QED) is 0.853. The maximum Gasteiger partial charge on any atom is 0.338 e. The number of carbonyl (C=O) groups excluding carboxylic acids is 1. The van der Waals surface area contributed by atoms with Crippen LogP contribution in [-0.4, -0.2) is 27.8 Å². The van der Waals surface area contributed by atoms with Gasteiger partial charge >= 0.3 is 5.97 Å². The summed E-state index contributed by atoms with van der Waals surface area (Å²) in [6, 6.07) is 5.77. The first-order chi connectivity index (χ1) is 10.4. The maximum atomic E-state index is 12.1. The zero-order chi connectivity index (χ0) is 15.9. The molecule has 4 heteroatoms.